The molecule has 25 heavy (non-hydrogen) atoms. The molecule has 0 spiro atoms. The van der Waals surface area contributed by atoms with Crippen molar-refractivity contribution >= 4 is 49.6 Å². The standard InChI is InChI=1S/C18H12BrF2IN2O/c19-11-6-14-13(7-12(11)20)23-17-10-5-9(10)16(24(14)17)8-3-1-2-4-15(8)25-18(21)22/h1-4,6-7,9-10,16,18H,5H2/t9-,10+,16?,18?/m1/s1. The van der Waals surface area contributed by atoms with Crippen molar-refractivity contribution in [1.82, 2.24) is 9.55 Å². The average Bonchev–Trinajstić information content (AvgIpc) is 3.18. The van der Waals surface area contributed by atoms with Gasteiger partial charge in [0.25, 0.3) is 4.36 Å². The van der Waals surface area contributed by atoms with Crippen molar-refractivity contribution in [1.29, 1.82) is 0 Å². The van der Waals surface area contributed by atoms with E-state index in [0.29, 0.717) is 27.6 Å². The van der Waals surface area contributed by atoms with E-state index in [1.54, 1.807) is 34.7 Å². The molecule has 4 atom stereocenters. The molecular weight excluding hydrogens is 505 g/mol. The Bertz CT molecular complexity index is 1010. The first-order valence-electron chi connectivity index (χ1n) is 7.95. The van der Waals surface area contributed by atoms with E-state index in [0.717, 1.165) is 23.3 Å². The van der Waals surface area contributed by atoms with E-state index in [9.17, 15) is 8.78 Å². The topological polar surface area (TPSA) is 27.1 Å². The van der Waals surface area contributed by atoms with Gasteiger partial charge in [0.05, 0.1) is 21.5 Å². The molecule has 0 bridgehead atoms. The number of hydrogen-bond acceptors (Lipinski definition) is 2. The summed E-state index contributed by atoms with van der Waals surface area (Å²) in [6, 6.07) is 10.8. The Morgan fingerprint density at radius 2 is 2.12 bits per heavy atom. The Morgan fingerprint density at radius 1 is 1.32 bits per heavy atom. The van der Waals surface area contributed by atoms with Gasteiger partial charge >= 0.3 is 0 Å². The molecule has 1 aliphatic heterocycles. The van der Waals surface area contributed by atoms with Crippen molar-refractivity contribution in [3.63, 3.8) is 0 Å². The molecule has 1 aromatic heterocycles. The van der Waals surface area contributed by atoms with Crippen LogP contribution < -0.4 is 4.74 Å². The van der Waals surface area contributed by atoms with Crippen LogP contribution in [-0.2, 0) is 0 Å². The molecule has 0 radical (unpaired) electrons. The van der Waals surface area contributed by atoms with Gasteiger partial charge < -0.3 is 9.30 Å². The van der Waals surface area contributed by atoms with E-state index in [1.807, 2.05) is 18.2 Å². The number of fused-ring (bicyclic) bond motifs is 5. The van der Waals surface area contributed by atoms with E-state index >= 15 is 0 Å². The van der Waals surface area contributed by atoms with Crippen LogP contribution in [-0.4, -0.2) is 13.9 Å². The van der Waals surface area contributed by atoms with E-state index in [1.165, 1.54) is 6.07 Å². The molecular formula is C18H12BrF2IN2O. The molecule has 0 saturated heterocycles. The molecule has 5 rings (SSSR count). The molecule has 0 amide bonds. The Morgan fingerprint density at radius 3 is 2.92 bits per heavy atom. The highest BCUT2D eigenvalue weighted by Crippen LogP contribution is 2.62. The van der Waals surface area contributed by atoms with Gasteiger partial charge in [0, 0.05) is 40.1 Å². The molecule has 3 aromatic rings. The zero-order valence-corrected chi connectivity index (χ0v) is 16.5. The van der Waals surface area contributed by atoms with Gasteiger partial charge in [-0.05, 0) is 40.4 Å². The summed E-state index contributed by atoms with van der Waals surface area (Å²) in [4.78, 5) is 4.67. The van der Waals surface area contributed by atoms with Crippen LogP contribution in [0, 0.1) is 11.7 Å². The van der Waals surface area contributed by atoms with Crippen molar-refractivity contribution in [3.8, 4) is 5.75 Å². The first kappa shape index (κ1) is 16.0. The Balaban J connectivity index is 1.71. The molecule has 2 unspecified atom stereocenters. The first-order valence-corrected chi connectivity index (χ1v) is 9.99. The average molecular weight is 517 g/mol. The summed E-state index contributed by atoms with van der Waals surface area (Å²) in [7, 11) is 0. The van der Waals surface area contributed by atoms with Crippen LogP contribution in [0.5, 0.6) is 5.75 Å². The zero-order chi connectivity index (χ0) is 17.3. The second-order valence-corrected chi connectivity index (χ2v) is 8.30. The fraction of sp³-hybridized carbons (Fsp3) is 0.278. The maximum absolute atomic E-state index is 13.9. The lowest BCUT2D eigenvalue weighted by atomic mass is 10.0. The number of rotatable bonds is 3. The fourth-order valence-corrected chi connectivity index (χ4v) is 4.62. The predicted molar refractivity (Wildman–Crippen MR) is 102 cm³/mol. The van der Waals surface area contributed by atoms with Gasteiger partial charge in [-0.3, -0.25) is 0 Å². The SMILES string of the molecule is Fc1cc2nc3n(c2cc1Br)C(c1ccccc1OC(F)I)[C@@H]1C[C@H]31. The lowest BCUT2D eigenvalue weighted by Crippen LogP contribution is -2.13. The molecule has 2 aliphatic rings. The van der Waals surface area contributed by atoms with Crippen molar-refractivity contribution in [2.75, 3.05) is 0 Å². The van der Waals surface area contributed by atoms with Crippen LogP contribution in [0.15, 0.2) is 40.9 Å². The third kappa shape index (κ3) is 2.42. The Labute approximate surface area is 164 Å². The third-order valence-corrected chi connectivity index (χ3v) is 5.93. The van der Waals surface area contributed by atoms with Gasteiger partial charge in [-0.2, -0.15) is 4.39 Å². The maximum atomic E-state index is 13.9. The first-order chi connectivity index (χ1) is 12.0. The number of ether oxygens (including phenoxy) is 1. The molecule has 3 nitrogen and oxygen atoms in total. The molecule has 1 saturated carbocycles. The van der Waals surface area contributed by atoms with Crippen molar-refractivity contribution in [2.45, 2.75) is 22.7 Å². The molecule has 1 fully saturated rings. The normalized spacial score (nSPS) is 24.9. The lowest BCUT2D eigenvalue weighted by Gasteiger charge is -2.21. The number of nitrogens with zero attached hydrogens (tertiary/aromatic N) is 2. The summed E-state index contributed by atoms with van der Waals surface area (Å²) in [5.74, 6) is 2.04. The largest absolute Gasteiger partial charge is 0.451 e. The van der Waals surface area contributed by atoms with E-state index in [4.69, 9.17) is 4.74 Å². The Hall–Kier alpha value is -1.22. The quantitative estimate of drug-likeness (QED) is 0.329. The molecule has 128 valence electrons. The van der Waals surface area contributed by atoms with Crippen LogP contribution in [0.2, 0.25) is 0 Å². The second kappa shape index (κ2) is 5.64. The van der Waals surface area contributed by atoms with Gasteiger partial charge in [-0.15, -0.1) is 0 Å². The maximum Gasteiger partial charge on any atom is 0.288 e. The summed E-state index contributed by atoms with van der Waals surface area (Å²) >= 11 is 4.87. The van der Waals surface area contributed by atoms with E-state index < -0.39 is 4.36 Å². The minimum absolute atomic E-state index is 0.0358. The lowest BCUT2D eigenvalue weighted by molar-refractivity contribution is 0.168. The summed E-state index contributed by atoms with van der Waals surface area (Å²) in [6.45, 7) is 0. The van der Waals surface area contributed by atoms with Gasteiger partial charge in [-0.25, -0.2) is 9.37 Å². The number of para-hydroxylation sites is 1. The van der Waals surface area contributed by atoms with Crippen LogP contribution >= 0.6 is 38.5 Å². The van der Waals surface area contributed by atoms with Gasteiger partial charge in [0.2, 0.25) is 0 Å². The van der Waals surface area contributed by atoms with E-state index in [2.05, 4.69) is 25.5 Å². The zero-order valence-electron chi connectivity index (χ0n) is 12.8. The van der Waals surface area contributed by atoms with Crippen LogP contribution in [0.4, 0.5) is 8.78 Å². The smallest absolute Gasteiger partial charge is 0.288 e. The molecule has 2 aromatic carbocycles. The van der Waals surface area contributed by atoms with Crippen molar-refractivity contribution in [2.24, 2.45) is 5.92 Å². The molecule has 1 aliphatic carbocycles. The van der Waals surface area contributed by atoms with E-state index in [-0.39, 0.29) is 11.9 Å². The Kier molecular flexibility index (Phi) is 3.61. The van der Waals surface area contributed by atoms with Crippen molar-refractivity contribution in [3.05, 3.63) is 58.1 Å². The highest BCUT2D eigenvalue weighted by molar-refractivity contribution is 14.1. The molecule has 0 N–H and O–H groups in total. The minimum Gasteiger partial charge on any atom is -0.451 e. The van der Waals surface area contributed by atoms with Gasteiger partial charge in [-0.1, -0.05) is 18.2 Å². The highest BCUT2D eigenvalue weighted by atomic mass is 127. The summed E-state index contributed by atoms with van der Waals surface area (Å²) in [6.07, 6.45) is 1.05. The minimum atomic E-state index is -1.41. The van der Waals surface area contributed by atoms with Crippen LogP contribution in [0.1, 0.15) is 29.8 Å². The monoisotopic (exact) mass is 516 g/mol. The number of hydrogen-bond donors (Lipinski definition) is 0. The van der Waals surface area contributed by atoms with Gasteiger partial charge in [0.15, 0.2) is 0 Å². The summed E-state index contributed by atoms with van der Waals surface area (Å²) < 4.78 is 33.9. The molecule has 7 heteroatoms. The predicted octanol–water partition coefficient (Wildman–Crippen LogP) is 5.71. The van der Waals surface area contributed by atoms with Crippen LogP contribution in [0.3, 0.4) is 0 Å². The third-order valence-electron chi connectivity index (χ3n) is 5.07. The van der Waals surface area contributed by atoms with Crippen LogP contribution in [0.25, 0.3) is 11.0 Å². The number of benzene rings is 2. The molecule has 2 heterocycles. The highest BCUT2D eigenvalue weighted by Gasteiger charge is 2.55. The number of aromatic nitrogens is 2. The number of alkyl halides is 2. The summed E-state index contributed by atoms with van der Waals surface area (Å²) in [5, 5.41) is 0. The van der Waals surface area contributed by atoms with Crippen molar-refractivity contribution < 1.29 is 13.5 Å². The van der Waals surface area contributed by atoms with Gasteiger partial charge in [0.1, 0.15) is 17.4 Å². The summed E-state index contributed by atoms with van der Waals surface area (Å²) in [5.41, 5.74) is 2.50. The number of imidazole rings is 1. The number of halogens is 4. The fourth-order valence-electron chi connectivity index (χ4n) is 4.01. The second-order valence-electron chi connectivity index (χ2n) is 6.46.